The lowest BCUT2D eigenvalue weighted by Gasteiger charge is -2.59. The number of H-pyrrole nitrogens is 1. The lowest BCUT2D eigenvalue weighted by atomic mass is 9.73. The summed E-state index contributed by atoms with van der Waals surface area (Å²) in [5, 5.41) is 17.4. The molecule has 3 fully saturated rings. The number of nitrogens with one attached hydrogen (secondary N) is 3. The molecule has 7 rings (SSSR count). The van der Waals surface area contributed by atoms with E-state index in [2.05, 4.69) is 55.0 Å². The van der Waals surface area contributed by atoms with Crippen LogP contribution in [-0.2, 0) is 12.6 Å². The second kappa shape index (κ2) is 7.01. The fraction of sp³-hybridized carbons (Fsp3) is 0.478. The first-order valence-corrected chi connectivity index (χ1v) is 12.5. The summed E-state index contributed by atoms with van der Waals surface area (Å²) in [5.41, 5.74) is 1.17. The van der Waals surface area contributed by atoms with E-state index in [0.717, 1.165) is 40.4 Å². The van der Waals surface area contributed by atoms with Crippen molar-refractivity contribution in [2.24, 2.45) is 7.05 Å². The Bertz CT molecular complexity index is 1340. The highest BCUT2D eigenvalue weighted by Gasteiger charge is 2.62. The van der Waals surface area contributed by atoms with Gasteiger partial charge in [0.05, 0.1) is 10.9 Å². The number of hydrogen-bond acceptors (Lipinski definition) is 8. The number of anilines is 3. The number of thiophene rings is 1. The van der Waals surface area contributed by atoms with Crippen molar-refractivity contribution in [1.29, 1.82) is 0 Å². The summed E-state index contributed by atoms with van der Waals surface area (Å²) in [7, 11) is 2.13. The van der Waals surface area contributed by atoms with E-state index in [1.807, 2.05) is 19.2 Å². The third kappa shape index (κ3) is 2.93. The minimum Gasteiger partial charge on any atom is -0.351 e. The number of nitrogens with zero attached hydrogens (tertiary/aromatic N) is 6. The van der Waals surface area contributed by atoms with E-state index in [1.165, 1.54) is 25.1 Å². The van der Waals surface area contributed by atoms with Gasteiger partial charge in [-0.05, 0) is 50.5 Å². The molecule has 3 N–H and O–H groups in total. The maximum absolute atomic E-state index is 4.85. The van der Waals surface area contributed by atoms with Crippen molar-refractivity contribution in [3.8, 4) is 0 Å². The molecule has 3 aliphatic heterocycles. The van der Waals surface area contributed by atoms with Gasteiger partial charge in [-0.2, -0.15) is 10.1 Å². The van der Waals surface area contributed by atoms with E-state index in [-0.39, 0.29) is 5.54 Å². The third-order valence-corrected chi connectivity index (χ3v) is 8.51. The van der Waals surface area contributed by atoms with Crippen LogP contribution in [0.1, 0.15) is 43.6 Å². The molecular formula is C23H27N9S. The largest absolute Gasteiger partial charge is 0.351 e. The quantitative estimate of drug-likeness (QED) is 0.414. The van der Waals surface area contributed by atoms with Crippen LogP contribution >= 0.6 is 11.3 Å². The van der Waals surface area contributed by atoms with Crippen molar-refractivity contribution in [2.45, 2.75) is 62.7 Å². The van der Waals surface area contributed by atoms with Crippen LogP contribution in [0.2, 0.25) is 0 Å². The van der Waals surface area contributed by atoms with Crippen molar-refractivity contribution >= 4 is 39.1 Å². The van der Waals surface area contributed by atoms with E-state index in [0.29, 0.717) is 24.1 Å². The molecular weight excluding hydrogens is 434 g/mol. The van der Waals surface area contributed by atoms with Gasteiger partial charge in [0, 0.05) is 49.3 Å². The molecule has 3 saturated heterocycles. The molecule has 4 atom stereocenters. The second-order valence-corrected chi connectivity index (χ2v) is 10.7. The normalized spacial score (nSPS) is 28.6. The molecule has 0 aliphatic carbocycles. The first-order chi connectivity index (χ1) is 16.1. The number of hydrogen-bond donors (Lipinski definition) is 3. The van der Waals surface area contributed by atoms with Gasteiger partial charge < -0.3 is 15.2 Å². The van der Waals surface area contributed by atoms with Gasteiger partial charge in [0.1, 0.15) is 16.5 Å². The molecule has 0 aromatic carbocycles. The fourth-order valence-electron chi connectivity index (χ4n) is 6.49. The van der Waals surface area contributed by atoms with Crippen LogP contribution in [0.5, 0.6) is 0 Å². The molecule has 0 bridgehead atoms. The molecule has 0 radical (unpaired) electrons. The smallest absolute Gasteiger partial charge is 0.226 e. The Hall–Kier alpha value is -2.98. The lowest BCUT2D eigenvalue weighted by Crippen LogP contribution is -2.67. The Kier molecular flexibility index (Phi) is 4.14. The molecule has 0 spiro atoms. The predicted molar refractivity (Wildman–Crippen MR) is 129 cm³/mol. The Labute approximate surface area is 195 Å². The van der Waals surface area contributed by atoms with Gasteiger partial charge >= 0.3 is 0 Å². The minimum absolute atomic E-state index is 0.156. The molecule has 3 aliphatic rings. The predicted octanol–water partition coefficient (Wildman–Crippen LogP) is 3.91. The number of imidazole rings is 1. The van der Waals surface area contributed by atoms with Gasteiger partial charge in [0.2, 0.25) is 5.95 Å². The maximum Gasteiger partial charge on any atom is 0.226 e. The summed E-state index contributed by atoms with van der Waals surface area (Å²) in [6.45, 7) is 1.99. The van der Waals surface area contributed by atoms with Crippen LogP contribution in [0, 0.1) is 6.92 Å². The highest BCUT2D eigenvalue weighted by Crippen LogP contribution is 2.58. The standard InChI is InChI=1S/C23H27N9S/c1-13-9-18(30-29-13)26-19-17-4-8-33-20(17)28-22(27-19)25-14-10-15-3-5-23(12-16(11-14)32(15)23)21-24-6-7-31(21)2/h4,6-9,14-16H,3,5,10-12H2,1-2H3,(H3,25,26,27,28,29,30)/t14-,15-,16-,23?/m1/s1. The van der Waals surface area contributed by atoms with Crippen molar-refractivity contribution in [2.75, 3.05) is 10.6 Å². The summed E-state index contributed by atoms with van der Waals surface area (Å²) in [6.07, 6.45) is 9.90. The first kappa shape index (κ1) is 19.5. The van der Waals surface area contributed by atoms with Gasteiger partial charge in [-0.25, -0.2) is 9.97 Å². The number of rotatable bonds is 5. The molecule has 10 heteroatoms. The van der Waals surface area contributed by atoms with Crippen molar-refractivity contribution < 1.29 is 0 Å². The van der Waals surface area contributed by atoms with Crippen LogP contribution in [0.15, 0.2) is 29.9 Å². The maximum atomic E-state index is 4.85. The van der Waals surface area contributed by atoms with Crippen molar-refractivity contribution in [3.05, 3.63) is 41.4 Å². The van der Waals surface area contributed by atoms with Gasteiger partial charge in [0.15, 0.2) is 5.82 Å². The Morgan fingerprint density at radius 1 is 1.24 bits per heavy atom. The van der Waals surface area contributed by atoms with Gasteiger partial charge in [-0.3, -0.25) is 10.00 Å². The van der Waals surface area contributed by atoms with Gasteiger partial charge in [-0.15, -0.1) is 11.3 Å². The molecule has 0 saturated carbocycles. The van der Waals surface area contributed by atoms with Crippen LogP contribution in [-0.4, -0.2) is 52.7 Å². The van der Waals surface area contributed by atoms with Gasteiger partial charge in [0.25, 0.3) is 0 Å². The fourth-order valence-corrected chi connectivity index (χ4v) is 7.25. The highest BCUT2D eigenvalue weighted by atomic mass is 32.1. The van der Waals surface area contributed by atoms with E-state index in [1.54, 1.807) is 11.3 Å². The van der Waals surface area contributed by atoms with Crippen molar-refractivity contribution in [3.63, 3.8) is 0 Å². The average molecular weight is 462 g/mol. The zero-order valence-electron chi connectivity index (χ0n) is 18.7. The minimum atomic E-state index is 0.156. The van der Waals surface area contributed by atoms with Crippen LogP contribution < -0.4 is 10.6 Å². The highest BCUT2D eigenvalue weighted by molar-refractivity contribution is 7.16. The molecule has 7 heterocycles. The molecule has 33 heavy (non-hydrogen) atoms. The molecule has 9 nitrogen and oxygen atoms in total. The Morgan fingerprint density at radius 3 is 2.97 bits per heavy atom. The Balaban J connectivity index is 1.12. The molecule has 170 valence electrons. The average Bonchev–Trinajstić information content (AvgIpc) is 3.54. The zero-order chi connectivity index (χ0) is 22.2. The van der Waals surface area contributed by atoms with E-state index in [4.69, 9.17) is 15.0 Å². The van der Waals surface area contributed by atoms with Crippen LogP contribution in [0.25, 0.3) is 10.2 Å². The van der Waals surface area contributed by atoms with Crippen molar-refractivity contribution in [1.82, 2.24) is 34.6 Å². The topological polar surface area (TPSA) is 99.6 Å². The van der Waals surface area contributed by atoms with E-state index >= 15 is 0 Å². The summed E-state index contributed by atoms with van der Waals surface area (Å²) >= 11 is 1.64. The molecule has 0 amide bonds. The van der Waals surface area contributed by atoms with Crippen LogP contribution in [0.4, 0.5) is 17.6 Å². The first-order valence-electron chi connectivity index (χ1n) is 11.7. The SMILES string of the molecule is Cc1cc(Nc2nc(N[C@@H]3C[C@H]4CCC5(c6nccn6C)C[C@@H](C3)N45)nc3sccc23)n[nH]1. The van der Waals surface area contributed by atoms with E-state index in [9.17, 15) is 0 Å². The number of aromatic amines is 1. The summed E-state index contributed by atoms with van der Waals surface area (Å²) in [5.74, 6) is 3.50. The number of fused-ring (bicyclic) bond motifs is 1. The second-order valence-electron chi connectivity index (χ2n) is 9.76. The lowest BCUT2D eigenvalue weighted by molar-refractivity contribution is -0.102. The number of aromatic nitrogens is 6. The summed E-state index contributed by atoms with van der Waals surface area (Å²) in [4.78, 5) is 18.2. The monoisotopic (exact) mass is 461 g/mol. The molecule has 4 aromatic heterocycles. The summed E-state index contributed by atoms with van der Waals surface area (Å²) < 4.78 is 2.21. The third-order valence-electron chi connectivity index (χ3n) is 7.71. The van der Waals surface area contributed by atoms with Crippen LogP contribution in [0.3, 0.4) is 0 Å². The summed E-state index contributed by atoms with van der Waals surface area (Å²) in [6, 6.07) is 5.63. The number of aryl methyl sites for hydroxylation is 2. The number of piperidine rings is 1. The molecule has 4 aromatic rings. The zero-order valence-corrected chi connectivity index (χ0v) is 19.6. The van der Waals surface area contributed by atoms with Gasteiger partial charge in [-0.1, -0.05) is 0 Å². The Morgan fingerprint density at radius 2 is 2.15 bits per heavy atom. The van der Waals surface area contributed by atoms with E-state index < -0.39 is 0 Å². The molecule has 1 unspecified atom stereocenters.